The van der Waals surface area contributed by atoms with E-state index >= 15 is 0 Å². The smallest absolute Gasteiger partial charge is 0.0245 e. The third-order valence-electron chi connectivity index (χ3n) is 3.04. The Balaban J connectivity index is 2.67. The first kappa shape index (κ1) is 11.3. The fraction of sp³-hybridized carbons (Fsp3) is 0.571. The maximum Gasteiger partial charge on any atom is -0.0245 e. The van der Waals surface area contributed by atoms with E-state index in [1.54, 1.807) is 0 Å². The molecule has 0 fully saturated rings. The van der Waals surface area contributed by atoms with Crippen molar-refractivity contribution in [2.75, 3.05) is 0 Å². The number of rotatable bonds is 3. The highest BCUT2D eigenvalue weighted by Gasteiger charge is 2.22. The van der Waals surface area contributed by atoms with Gasteiger partial charge in [-0.15, -0.1) is 0 Å². The molecular weight excluding hydrogens is 168 g/mol. The standard InChI is InChI=1S/C14H22/c1-5-13(14(2,3)4)11-12-9-7-6-8-10-12/h6-10,13H,5,11H2,1-4H3/t13-/m1/s1. The highest BCUT2D eigenvalue weighted by atomic mass is 14.3. The van der Waals surface area contributed by atoms with Crippen molar-refractivity contribution >= 4 is 0 Å². The summed E-state index contributed by atoms with van der Waals surface area (Å²) >= 11 is 0. The quantitative estimate of drug-likeness (QED) is 0.666. The maximum atomic E-state index is 2.34. The van der Waals surface area contributed by atoms with Crippen molar-refractivity contribution in [3.05, 3.63) is 35.9 Å². The summed E-state index contributed by atoms with van der Waals surface area (Å²) in [5, 5.41) is 0. The summed E-state index contributed by atoms with van der Waals surface area (Å²) in [5.41, 5.74) is 1.89. The van der Waals surface area contributed by atoms with Crippen LogP contribution in [0.3, 0.4) is 0 Å². The molecule has 14 heavy (non-hydrogen) atoms. The number of hydrogen-bond donors (Lipinski definition) is 0. The molecule has 0 aliphatic rings. The molecule has 0 radical (unpaired) electrons. The van der Waals surface area contributed by atoms with Crippen LogP contribution in [-0.2, 0) is 6.42 Å². The van der Waals surface area contributed by atoms with E-state index in [4.69, 9.17) is 0 Å². The van der Waals surface area contributed by atoms with E-state index in [1.807, 2.05) is 0 Å². The zero-order valence-electron chi connectivity index (χ0n) is 9.88. The first-order valence-electron chi connectivity index (χ1n) is 5.58. The molecule has 0 heterocycles. The molecule has 0 nitrogen and oxygen atoms in total. The van der Waals surface area contributed by atoms with Gasteiger partial charge in [0, 0.05) is 0 Å². The first-order chi connectivity index (χ1) is 6.54. The van der Waals surface area contributed by atoms with Crippen LogP contribution >= 0.6 is 0 Å². The summed E-state index contributed by atoms with van der Waals surface area (Å²) in [6.45, 7) is 9.30. The Labute approximate surface area is 88.4 Å². The van der Waals surface area contributed by atoms with E-state index in [9.17, 15) is 0 Å². The molecule has 0 unspecified atom stereocenters. The van der Waals surface area contributed by atoms with Gasteiger partial charge in [0.25, 0.3) is 0 Å². The lowest BCUT2D eigenvalue weighted by molar-refractivity contribution is 0.231. The third-order valence-corrected chi connectivity index (χ3v) is 3.04. The Bertz CT molecular complexity index is 253. The molecule has 0 amide bonds. The SMILES string of the molecule is CC[C@H](Cc1ccccc1)C(C)(C)C. The van der Waals surface area contributed by atoms with Crippen molar-refractivity contribution in [3.63, 3.8) is 0 Å². The highest BCUT2D eigenvalue weighted by Crippen LogP contribution is 2.31. The van der Waals surface area contributed by atoms with Crippen LogP contribution < -0.4 is 0 Å². The van der Waals surface area contributed by atoms with Crippen molar-refractivity contribution < 1.29 is 0 Å². The molecule has 0 aromatic heterocycles. The van der Waals surface area contributed by atoms with Gasteiger partial charge >= 0.3 is 0 Å². The number of benzene rings is 1. The van der Waals surface area contributed by atoms with Crippen LogP contribution in [0.2, 0.25) is 0 Å². The fourth-order valence-electron chi connectivity index (χ4n) is 1.96. The molecule has 0 heteroatoms. The fourth-order valence-corrected chi connectivity index (χ4v) is 1.96. The minimum atomic E-state index is 0.421. The van der Waals surface area contributed by atoms with Crippen LogP contribution in [0.25, 0.3) is 0 Å². The van der Waals surface area contributed by atoms with E-state index in [2.05, 4.69) is 58.0 Å². The van der Waals surface area contributed by atoms with Gasteiger partial charge in [-0.2, -0.15) is 0 Å². The zero-order chi connectivity index (χ0) is 10.6. The van der Waals surface area contributed by atoms with E-state index < -0.39 is 0 Å². The summed E-state index contributed by atoms with van der Waals surface area (Å²) in [4.78, 5) is 0. The van der Waals surface area contributed by atoms with Gasteiger partial charge in [-0.3, -0.25) is 0 Å². The van der Waals surface area contributed by atoms with Crippen LogP contribution in [0.15, 0.2) is 30.3 Å². The molecule has 0 aliphatic heterocycles. The second-order valence-electron chi connectivity index (χ2n) is 5.16. The Morgan fingerprint density at radius 1 is 1.07 bits per heavy atom. The van der Waals surface area contributed by atoms with Gasteiger partial charge in [-0.25, -0.2) is 0 Å². The van der Waals surface area contributed by atoms with E-state index in [1.165, 1.54) is 18.4 Å². The molecule has 0 N–H and O–H groups in total. The molecule has 1 atom stereocenters. The average Bonchev–Trinajstić information content (AvgIpc) is 2.14. The van der Waals surface area contributed by atoms with Crippen molar-refractivity contribution in [2.24, 2.45) is 11.3 Å². The van der Waals surface area contributed by atoms with Crippen molar-refractivity contribution in [3.8, 4) is 0 Å². The largest absolute Gasteiger partial charge is 0.0651 e. The molecule has 0 bridgehead atoms. The Morgan fingerprint density at radius 2 is 1.64 bits per heavy atom. The van der Waals surface area contributed by atoms with Gasteiger partial charge < -0.3 is 0 Å². The second kappa shape index (κ2) is 4.63. The second-order valence-corrected chi connectivity index (χ2v) is 5.16. The van der Waals surface area contributed by atoms with Gasteiger partial charge in [0.15, 0.2) is 0 Å². The normalized spacial score (nSPS) is 14.0. The van der Waals surface area contributed by atoms with Crippen LogP contribution in [-0.4, -0.2) is 0 Å². The lowest BCUT2D eigenvalue weighted by Gasteiger charge is -2.29. The predicted molar refractivity (Wildman–Crippen MR) is 63.4 cm³/mol. The molecule has 1 rings (SSSR count). The lowest BCUT2D eigenvalue weighted by atomic mass is 9.76. The molecule has 1 aromatic carbocycles. The van der Waals surface area contributed by atoms with E-state index in [0.29, 0.717) is 5.41 Å². The van der Waals surface area contributed by atoms with E-state index in [-0.39, 0.29) is 0 Å². The summed E-state index contributed by atoms with van der Waals surface area (Å²) in [6, 6.07) is 10.8. The summed E-state index contributed by atoms with van der Waals surface area (Å²) in [5.74, 6) is 0.782. The molecule has 0 saturated carbocycles. The first-order valence-corrected chi connectivity index (χ1v) is 5.58. The Kier molecular flexibility index (Phi) is 3.74. The minimum Gasteiger partial charge on any atom is -0.0651 e. The molecule has 78 valence electrons. The van der Waals surface area contributed by atoms with Crippen molar-refractivity contribution in [1.82, 2.24) is 0 Å². The van der Waals surface area contributed by atoms with Gasteiger partial charge in [0.2, 0.25) is 0 Å². The zero-order valence-corrected chi connectivity index (χ0v) is 9.88. The molecule has 0 spiro atoms. The van der Waals surface area contributed by atoms with Crippen LogP contribution in [0.4, 0.5) is 0 Å². The van der Waals surface area contributed by atoms with Crippen molar-refractivity contribution in [1.29, 1.82) is 0 Å². The van der Waals surface area contributed by atoms with Gasteiger partial charge in [0.05, 0.1) is 0 Å². The topological polar surface area (TPSA) is 0 Å². The molecule has 0 saturated heterocycles. The van der Waals surface area contributed by atoms with E-state index in [0.717, 1.165) is 5.92 Å². The van der Waals surface area contributed by atoms with Crippen molar-refractivity contribution in [2.45, 2.75) is 40.5 Å². The van der Waals surface area contributed by atoms with Gasteiger partial charge in [-0.05, 0) is 23.3 Å². The van der Waals surface area contributed by atoms with Gasteiger partial charge in [-0.1, -0.05) is 64.4 Å². The van der Waals surface area contributed by atoms with Crippen LogP contribution in [0.1, 0.15) is 39.7 Å². The lowest BCUT2D eigenvalue weighted by Crippen LogP contribution is -2.21. The monoisotopic (exact) mass is 190 g/mol. The summed E-state index contributed by atoms with van der Waals surface area (Å²) < 4.78 is 0. The molecular formula is C14H22. The highest BCUT2D eigenvalue weighted by molar-refractivity contribution is 5.15. The maximum absolute atomic E-state index is 2.34. The molecule has 1 aromatic rings. The summed E-state index contributed by atoms with van der Waals surface area (Å²) in [7, 11) is 0. The Morgan fingerprint density at radius 3 is 2.07 bits per heavy atom. The van der Waals surface area contributed by atoms with Crippen LogP contribution in [0, 0.1) is 11.3 Å². The van der Waals surface area contributed by atoms with Crippen LogP contribution in [0.5, 0.6) is 0 Å². The predicted octanol–water partition coefficient (Wildman–Crippen LogP) is 4.30. The third kappa shape index (κ3) is 3.17. The molecule has 0 aliphatic carbocycles. The van der Waals surface area contributed by atoms with Gasteiger partial charge in [0.1, 0.15) is 0 Å². The minimum absolute atomic E-state index is 0.421. The summed E-state index contributed by atoms with van der Waals surface area (Å²) in [6.07, 6.45) is 2.47. The average molecular weight is 190 g/mol. The Hall–Kier alpha value is -0.780. The number of hydrogen-bond acceptors (Lipinski definition) is 0.